The predicted molar refractivity (Wildman–Crippen MR) is 117 cm³/mol. The summed E-state index contributed by atoms with van der Waals surface area (Å²) >= 11 is 5.17. The number of anilines is 1. The fourth-order valence-corrected chi connectivity index (χ4v) is 2.88. The van der Waals surface area contributed by atoms with Crippen molar-refractivity contribution in [1.82, 2.24) is 10.6 Å². The van der Waals surface area contributed by atoms with Crippen LogP contribution < -0.4 is 16.0 Å². The zero-order chi connectivity index (χ0) is 20.2. The van der Waals surface area contributed by atoms with Gasteiger partial charge in [0.25, 0.3) is 5.91 Å². The maximum Gasteiger partial charge on any atom is 0.251 e. The lowest BCUT2D eigenvalue weighted by atomic mass is 10.1. The Morgan fingerprint density at radius 1 is 0.929 bits per heavy atom. The minimum absolute atomic E-state index is 0.0782. The average Bonchev–Trinajstić information content (AvgIpc) is 2.70. The SMILES string of the molecule is CCCCCCC(=O)NC(=S)Nc1ccc(C(=O)NCc2ccccc2)cc1. The number of benzene rings is 2. The number of unbranched alkanes of at least 4 members (excludes halogenated alkanes) is 3. The van der Waals surface area contributed by atoms with Crippen molar-refractivity contribution in [1.29, 1.82) is 0 Å². The number of carbonyl (C=O) groups is 2. The molecule has 0 saturated heterocycles. The summed E-state index contributed by atoms with van der Waals surface area (Å²) in [5.74, 6) is -0.219. The molecule has 0 saturated carbocycles. The maximum atomic E-state index is 12.2. The van der Waals surface area contributed by atoms with E-state index in [1.54, 1.807) is 24.3 Å². The highest BCUT2D eigenvalue weighted by Gasteiger charge is 2.07. The van der Waals surface area contributed by atoms with Crippen molar-refractivity contribution in [3.05, 3.63) is 65.7 Å². The number of thiocarbonyl (C=S) groups is 1. The van der Waals surface area contributed by atoms with Crippen LogP contribution in [0.25, 0.3) is 0 Å². The van der Waals surface area contributed by atoms with Gasteiger partial charge in [-0.1, -0.05) is 56.5 Å². The zero-order valence-corrected chi connectivity index (χ0v) is 17.0. The minimum Gasteiger partial charge on any atom is -0.348 e. The molecule has 6 heteroatoms. The van der Waals surface area contributed by atoms with Crippen LogP contribution in [0, 0.1) is 0 Å². The van der Waals surface area contributed by atoms with E-state index in [-0.39, 0.29) is 16.9 Å². The van der Waals surface area contributed by atoms with Crippen molar-refractivity contribution in [2.45, 2.75) is 45.6 Å². The van der Waals surface area contributed by atoms with Crippen molar-refractivity contribution in [3.8, 4) is 0 Å². The summed E-state index contributed by atoms with van der Waals surface area (Å²) in [6.45, 7) is 2.62. The topological polar surface area (TPSA) is 70.2 Å². The van der Waals surface area contributed by atoms with Gasteiger partial charge in [0, 0.05) is 24.2 Å². The van der Waals surface area contributed by atoms with Gasteiger partial charge in [-0.05, 0) is 48.5 Å². The van der Waals surface area contributed by atoms with Crippen LogP contribution in [0.4, 0.5) is 5.69 Å². The van der Waals surface area contributed by atoms with Gasteiger partial charge in [0.05, 0.1) is 0 Å². The monoisotopic (exact) mass is 397 g/mol. The first kappa shape index (κ1) is 21.6. The van der Waals surface area contributed by atoms with Crippen LogP contribution in [0.15, 0.2) is 54.6 Å². The molecule has 0 spiro atoms. The van der Waals surface area contributed by atoms with Crippen LogP contribution >= 0.6 is 12.2 Å². The smallest absolute Gasteiger partial charge is 0.251 e. The molecule has 28 heavy (non-hydrogen) atoms. The number of hydrogen-bond acceptors (Lipinski definition) is 3. The largest absolute Gasteiger partial charge is 0.348 e. The van der Waals surface area contributed by atoms with Crippen LogP contribution in [0.1, 0.15) is 54.9 Å². The van der Waals surface area contributed by atoms with E-state index in [9.17, 15) is 9.59 Å². The zero-order valence-electron chi connectivity index (χ0n) is 16.2. The van der Waals surface area contributed by atoms with Gasteiger partial charge in [-0.3, -0.25) is 9.59 Å². The first-order chi connectivity index (χ1) is 13.6. The van der Waals surface area contributed by atoms with E-state index in [1.807, 2.05) is 30.3 Å². The molecule has 2 amide bonds. The molecular formula is C22H27N3O2S. The van der Waals surface area contributed by atoms with Crippen molar-refractivity contribution < 1.29 is 9.59 Å². The summed E-state index contributed by atoms with van der Waals surface area (Å²) in [6, 6.07) is 16.7. The Labute approximate surface area is 171 Å². The summed E-state index contributed by atoms with van der Waals surface area (Å²) in [6.07, 6.45) is 4.68. The van der Waals surface area contributed by atoms with Crippen LogP contribution in [0.2, 0.25) is 0 Å². The second kappa shape index (κ2) is 11.9. The molecule has 3 N–H and O–H groups in total. The first-order valence-electron chi connectivity index (χ1n) is 9.61. The van der Waals surface area contributed by atoms with Crippen molar-refractivity contribution in [2.75, 3.05) is 5.32 Å². The van der Waals surface area contributed by atoms with Gasteiger partial charge in [-0.2, -0.15) is 0 Å². The van der Waals surface area contributed by atoms with Gasteiger partial charge >= 0.3 is 0 Å². The standard InChI is InChI=1S/C22H27N3O2S/c1-2-3-4-8-11-20(26)25-22(28)24-19-14-12-18(13-15-19)21(27)23-16-17-9-6-5-7-10-17/h5-7,9-10,12-15H,2-4,8,11,16H2,1H3,(H,23,27)(H2,24,25,26,28). The quantitative estimate of drug-likeness (QED) is 0.433. The summed E-state index contributed by atoms with van der Waals surface area (Å²) in [5, 5.41) is 8.80. The van der Waals surface area contributed by atoms with E-state index in [2.05, 4.69) is 22.9 Å². The third kappa shape index (κ3) is 7.88. The molecule has 0 fully saturated rings. The highest BCUT2D eigenvalue weighted by molar-refractivity contribution is 7.80. The molecule has 0 aliphatic carbocycles. The molecule has 2 aromatic carbocycles. The molecule has 2 rings (SSSR count). The fraction of sp³-hybridized carbons (Fsp3) is 0.318. The van der Waals surface area contributed by atoms with Gasteiger partial charge in [-0.25, -0.2) is 0 Å². The van der Waals surface area contributed by atoms with Gasteiger partial charge in [-0.15, -0.1) is 0 Å². The normalized spacial score (nSPS) is 10.2. The molecule has 148 valence electrons. The molecule has 0 radical (unpaired) electrons. The molecule has 2 aromatic rings. The Hall–Kier alpha value is -2.73. The van der Waals surface area contributed by atoms with Gasteiger partial charge in [0.2, 0.25) is 5.91 Å². The third-order valence-electron chi connectivity index (χ3n) is 4.21. The molecule has 0 atom stereocenters. The summed E-state index contributed by atoms with van der Waals surface area (Å²) in [4.78, 5) is 24.1. The van der Waals surface area contributed by atoms with Gasteiger partial charge in [0.15, 0.2) is 5.11 Å². The number of rotatable bonds is 9. The number of nitrogens with one attached hydrogen (secondary N) is 3. The van der Waals surface area contributed by atoms with Crippen LogP contribution in [-0.2, 0) is 11.3 Å². The molecule has 0 aliphatic rings. The summed E-state index contributed by atoms with van der Waals surface area (Å²) in [7, 11) is 0. The van der Waals surface area contributed by atoms with Crippen LogP contribution in [-0.4, -0.2) is 16.9 Å². The predicted octanol–water partition coefficient (Wildman–Crippen LogP) is 4.40. The van der Waals surface area contributed by atoms with E-state index in [0.717, 1.165) is 36.9 Å². The number of hydrogen-bond donors (Lipinski definition) is 3. The van der Waals surface area contributed by atoms with E-state index in [1.165, 1.54) is 0 Å². The van der Waals surface area contributed by atoms with E-state index < -0.39 is 0 Å². The number of carbonyl (C=O) groups excluding carboxylic acids is 2. The Morgan fingerprint density at radius 3 is 2.32 bits per heavy atom. The Bertz CT molecular complexity index is 776. The highest BCUT2D eigenvalue weighted by atomic mass is 32.1. The summed E-state index contributed by atoms with van der Waals surface area (Å²) < 4.78 is 0. The second-order valence-corrected chi connectivity index (χ2v) is 6.97. The molecule has 0 bridgehead atoms. The molecule has 0 unspecified atom stereocenters. The third-order valence-corrected chi connectivity index (χ3v) is 4.42. The van der Waals surface area contributed by atoms with Crippen molar-refractivity contribution in [2.24, 2.45) is 0 Å². The molecule has 0 aliphatic heterocycles. The van der Waals surface area contributed by atoms with Crippen LogP contribution in [0.5, 0.6) is 0 Å². The maximum absolute atomic E-state index is 12.2. The van der Waals surface area contributed by atoms with Gasteiger partial charge in [0.1, 0.15) is 0 Å². The Morgan fingerprint density at radius 2 is 1.64 bits per heavy atom. The second-order valence-electron chi connectivity index (χ2n) is 6.56. The molecular weight excluding hydrogens is 370 g/mol. The van der Waals surface area contributed by atoms with Crippen LogP contribution in [0.3, 0.4) is 0 Å². The molecule has 0 heterocycles. The first-order valence-corrected chi connectivity index (χ1v) is 10.0. The number of amides is 2. The lowest BCUT2D eigenvalue weighted by Gasteiger charge is -2.10. The highest BCUT2D eigenvalue weighted by Crippen LogP contribution is 2.10. The average molecular weight is 398 g/mol. The van der Waals surface area contributed by atoms with Crippen molar-refractivity contribution in [3.63, 3.8) is 0 Å². The molecule has 0 aromatic heterocycles. The lowest BCUT2D eigenvalue weighted by Crippen LogP contribution is -2.33. The Kier molecular flexibility index (Phi) is 9.15. The summed E-state index contributed by atoms with van der Waals surface area (Å²) in [5.41, 5.74) is 2.33. The minimum atomic E-state index is -0.140. The van der Waals surface area contributed by atoms with Crippen molar-refractivity contribution >= 4 is 34.8 Å². The van der Waals surface area contributed by atoms with Gasteiger partial charge < -0.3 is 16.0 Å². The molecule has 5 nitrogen and oxygen atoms in total. The van der Waals surface area contributed by atoms with E-state index >= 15 is 0 Å². The Balaban J connectivity index is 1.76. The lowest BCUT2D eigenvalue weighted by molar-refractivity contribution is -0.119. The van der Waals surface area contributed by atoms with E-state index in [4.69, 9.17) is 12.2 Å². The van der Waals surface area contributed by atoms with E-state index in [0.29, 0.717) is 18.5 Å². The fourth-order valence-electron chi connectivity index (χ4n) is 2.65.